The number of benzene rings is 1. The van der Waals surface area contributed by atoms with Crippen molar-refractivity contribution < 1.29 is 27.1 Å². The smallest absolute Gasteiger partial charge is 0.416 e. The Morgan fingerprint density at radius 3 is 2.55 bits per heavy atom. The van der Waals surface area contributed by atoms with Gasteiger partial charge in [0.15, 0.2) is 10.8 Å². The summed E-state index contributed by atoms with van der Waals surface area (Å²) in [5.74, 6) is 1.25. The molecule has 1 amide bonds. The van der Waals surface area contributed by atoms with E-state index in [1.165, 1.54) is 23.5 Å². The van der Waals surface area contributed by atoms with Crippen LogP contribution in [-0.4, -0.2) is 48.6 Å². The molecule has 10 heteroatoms. The van der Waals surface area contributed by atoms with Gasteiger partial charge in [0.05, 0.1) is 36.9 Å². The predicted octanol–water partition coefficient (Wildman–Crippen LogP) is 4.46. The summed E-state index contributed by atoms with van der Waals surface area (Å²) < 4.78 is 49.8. The minimum Gasteiger partial charge on any atom is -0.459 e. The lowest BCUT2D eigenvalue weighted by Gasteiger charge is -2.35. The Labute approximate surface area is 193 Å². The number of carbonyl (C=O) groups is 1. The number of rotatable bonds is 7. The fraction of sp³-hybridized carbons (Fsp3) is 0.391. The fourth-order valence-electron chi connectivity index (χ4n) is 3.73. The van der Waals surface area contributed by atoms with Gasteiger partial charge in [0.1, 0.15) is 5.76 Å². The zero-order valence-electron chi connectivity index (χ0n) is 18.0. The summed E-state index contributed by atoms with van der Waals surface area (Å²) in [5.41, 5.74) is 0.662. The number of hydrogen-bond donors (Lipinski definition) is 1. The Kier molecular flexibility index (Phi) is 7.16. The number of aromatic nitrogens is 1. The van der Waals surface area contributed by atoms with Crippen molar-refractivity contribution in [2.24, 2.45) is 0 Å². The summed E-state index contributed by atoms with van der Waals surface area (Å²) in [4.78, 5) is 19.2. The van der Waals surface area contributed by atoms with Gasteiger partial charge in [-0.1, -0.05) is 12.1 Å². The number of halogens is 3. The summed E-state index contributed by atoms with van der Waals surface area (Å²) in [6, 6.07) is 8.57. The molecular weight excluding hydrogens is 455 g/mol. The maximum absolute atomic E-state index is 13.0. The molecule has 6 nitrogen and oxygen atoms in total. The SMILES string of the molecule is Cc1ccc(-c2nc(CC(=O)NCC(c3ccc(C(F)(F)F)cc3)N3CCOCC3)cs2)o1. The number of amides is 1. The van der Waals surface area contributed by atoms with Gasteiger partial charge >= 0.3 is 6.18 Å². The molecule has 33 heavy (non-hydrogen) atoms. The lowest BCUT2D eigenvalue weighted by molar-refractivity contribution is -0.137. The maximum atomic E-state index is 13.0. The Hall–Kier alpha value is -2.69. The van der Waals surface area contributed by atoms with Crippen LogP contribution in [0, 0.1) is 6.92 Å². The largest absolute Gasteiger partial charge is 0.459 e. The lowest BCUT2D eigenvalue weighted by Crippen LogP contribution is -2.44. The average Bonchev–Trinajstić information content (AvgIpc) is 3.43. The summed E-state index contributed by atoms with van der Waals surface area (Å²) >= 11 is 1.41. The highest BCUT2D eigenvalue weighted by molar-refractivity contribution is 7.13. The molecule has 1 aliphatic rings. The number of hydrogen-bond acceptors (Lipinski definition) is 6. The van der Waals surface area contributed by atoms with Gasteiger partial charge in [0, 0.05) is 25.0 Å². The monoisotopic (exact) mass is 479 g/mol. The maximum Gasteiger partial charge on any atom is 0.416 e. The van der Waals surface area contributed by atoms with Crippen LogP contribution in [0.15, 0.2) is 46.2 Å². The second kappa shape index (κ2) is 10.1. The van der Waals surface area contributed by atoms with E-state index in [-0.39, 0.29) is 24.9 Å². The number of morpholine rings is 1. The van der Waals surface area contributed by atoms with E-state index in [2.05, 4.69) is 15.2 Å². The van der Waals surface area contributed by atoms with Crippen molar-refractivity contribution in [3.05, 3.63) is 64.4 Å². The van der Waals surface area contributed by atoms with Crippen molar-refractivity contribution >= 4 is 17.2 Å². The van der Waals surface area contributed by atoms with E-state index in [1.54, 1.807) is 0 Å². The van der Waals surface area contributed by atoms with Crippen LogP contribution in [0.2, 0.25) is 0 Å². The van der Waals surface area contributed by atoms with Gasteiger partial charge in [0.2, 0.25) is 5.91 Å². The van der Waals surface area contributed by atoms with Crippen LogP contribution in [-0.2, 0) is 22.1 Å². The molecule has 2 aromatic heterocycles. The Balaban J connectivity index is 1.41. The Bertz CT molecular complexity index is 1070. The van der Waals surface area contributed by atoms with Crippen LogP contribution in [0.25, 0.3) is 10.8 Å². The van der Waals surface area contributed by atoms with Crippen molar-refractivity contribution in [1.82, 2.24) is 15.2 Å². The third kappa shape index (κ3) is 6.01. The number of thiazole rings is 1. The number of furan rings is 1. The van der Waals surface area contributed by atoms with Crippen LogP contribution in [0.5, 0.6) is 0 Å². The highest BCUT2D eigenvalue weighted by Gasteiger charge is 2.31. The summed E-state index contributed by atoms with van der Waals surface area (Å²) in [5, 5.41) is 5.45. The number of aryl methyl sites for hydroxylation is 1. The van der Waals surface area contributed by atoms with E-state index >= 15 is 0 Å². The Morgan fingerprint density at radius 1 is 1.18 bits per heavy atom. The van der Waals surface area contributed by atoms with E-state index in [0.29, 0.717) is 48.3 Å². The van der Waals surface area contributed by atoms with Gasteiger partial charge in [-0.05, 0) is 36.8 Å². The lowest BCUT2D eigenvalue weighted by atomic mass is 10.0. The second-order valence-electron chi connectivity index (χ2n) is 7.82. The van der Waals surface area contributed by atoms with Gasteiger partial charge in [-0.3, -0.25) is 9.69 Å². The molecule has 0 radical (unpaired) electrons. The zero-order valence-corrected chi connectivity index (χ0v) is 18.8. The van der Waals surface area contributed by atoms with E-state index < -0.39 is 11.7 Å². The molecule has 1 unspecified atom stereocenters. The summed E-state index contributed by atoms with van der Waals surface area (Å²) in [6.07, 6.45) is -4.28. The molecule has 1 saturated heterocycles. The van der Waals surface area contributed by atoms with Gasteiger partial charge in [-0.2, -0.15) is 13.2 Å². The molecule has 0 aliphatic carbocycles. The molecule has 0 spiro atoms. The zero-order chi connectivity index (χ0) is 23.4. The van der Waals surface area contributed by atoms with Gasteiger partial charge in [0.25, 0.3) is 0 Å². The molecular formula is C23H24F3N3O3S. The first kappa shape index (κ1) is 23.5. The van der Waals surface area contributed by atoms with Gasteiger partial charge in [-0.25, -0.2) is 4.98 Å². The normalized spacial score (nSPS) is 16.0. The van der Waals surface area contributed by atoms with E-state index in [0.717, 1.165) is 17.9 Å². The Morgan fingerprint density at radius 2 is 1.91 bits per heavy atom. The van der Waals surface area contributed by atoms with Crippen molar-refractivity contribution in [2.45, 2.75) is 25.6 Å². The van der Waals surface area contributed by atoms with Crippen LogP contribution in [0.4, 0.5) is 13.2 Å². The first-order valence-corrected chi connectivity index (χ1v) is 11.4. The third-order valence-electron chi connectivity index (χ3n) is 5.45. The number of alkyl halides is 3. The highest BCUT2D eigenvalue weighted by atomic mass is 32.1. The fourth-order valence-corrected chi connectivity index (χ4v) is 4.51. The van der Waals surface area contributed by atoms with Crippen LogP contribution < -0.4 is 5.32 Å². The van der Waals surface area contributed by atoms with E-state index in [9.17, 15) is 18.0 Å². The molecule has 1 aromatic carbocycles. The van der Waals surface area contributed by atoms with Crippen molar-refractivity contribution in [3.8, 4) is 10.8 Å². The summed E-state index contributed by atoms with van der Waals surface area (Å²) in [7, 11) is 0. The quantitative estimate of drug-likeness (QED) is 0.542. The van der Waals surface area contributed by atoms with Crippen molar-refractivity contribution in [1.29, 1.82) is 0 Å². The molecule has 4 rings (SSSR count). The first-order valence-electron chi connectivity index (χ1n) is 10.6. The molecule has 0 saturated carbocycles. The minimum atomic E-state index is -4.39. The topological polar surface area (TPSA) is 67.6 Å². The molecule has 3 aromatic rings. The molecule has 3 heterocycles. The second-order valence-corrected chi connectivity index (χ2v) is 8.68. The third-order valence-corrected chi connectivity index (χ3v) is 6.35. The number of carbonyl (C=O) groups excluding carboxylic acids is 1. The number of nitrogens with one attached hydrogen (secondary N) is 1. The number of nitrogens with zero attached hydrogens (tertiary/aromatic N) is 2. The molecule has 0 bridgehead atoms. The number of ether oxygens (including phenoxy) is 1. The first-order chi connectivity index (χ1) is 15.8. The van der Waals surface area contributed by atoms with E-state index in [4.69, 9.17) is 9.15 Å². The summed E-state index contributed by atoms with van der Waals surface area (Å²) in [6.45, 7) is 4.49. The van der Waals surface area contributed by atoms with Crippen LogP contribution >= 0.6 is 11.3 Å². The molecule has 1 aliphatic heterocycles. The molecule has 1 atom stereocenters. The minimum absolute atomic E-state index is 0.110. The van der Waals surface area contributed by atoms with Crippen LogP contribution in [0.3, 0.4) is 0 Å². The molecule has 1 N–H and O–H groups in total. The van der Waals surface area contributed by atoms with Gasteiger partial charge < -0.3 is 14.5 Å². The van der Waals surface area contributed by atoms with Crippen LogP contribution in [0.1, 0.15) is 28.6 Å². The average molecular weight is 480 g/mol. The van der Waals surface area contributed by atoms with Gasteiger partial charge in [-0.15, -0.1) is 11.3 Å². The molecule has 176 valence electrons. The highest BCUT2D eigenvalue weighted by Crippen LogP contribution is 2.31. The standard InChI is InChI=1S/C23H24F3N3O3S/c1-15-2-7-20(32-15)22-28-18(14-33-22)12-21(30)27-13-19(29-8-10-31-11-9-29)16-3-5-17(6-4-16)23(24,25)26/h2-7,14,19H,8-13H2,1H3,(H,27,30). The van der Waals surface area contributed by atoms with E-state index in [1.807, 2.05) is 24.4 Å². The molecule has 1 fully saturated rings. The van der Waals surface area contributed by atoms with Crippen molar-refractivity contribution in [3.63, 3.8) is 0 Å². The van der Waals surface area contributed by atoms with Crippen molar-refractivity contribution in [2.75, 3.05) is 32.8 Å². The predicted molar refractivity (Wildman–Crippen MR) is 118 cm³/mol.